The van der Waals surface area contributed by atoms with Crippen LogP contribution in [0.3, 0.4) is 0 Å². The van der Waals surface area contributed by atoms with Gasteiger partial charge in [-0.05, 0) is 37.0 Å². The molecule has 0 N–H and O–H groups in total. The van der Waals surface area contributed by atoms with Gasteiger partial charge in [-0.1, -0.05) is 234 Å². The van der Waals surface area contributed by atoms with Gasteiger partial charge in [0.25, 0.3) is 0 Å². The van der Waals surface area contributed by atoms with Gasteiger partial charge in [-0.25, -0.2) is 0 Å². The van der Waals surface area contributed by atoms with Crippen LogP contribution < -0.4 is 0 Å². The van der Waals surface area contributed by atoms with Gasteiger partial charge in [0.2, 0.25) is 0 Å². The standard InChI is InChI=1S/C51H98O6/c1-7-47(6)39-33-27-20-17-18-21-28-34-40-49(52)55-43-48(44-56-50(53)41-35-29-24-23-26-32-38-46(4)5)57-51(54)42-36-30-22-16-14-12-10-8-9-11-13-15-19-25-31-37-45(2)3/h45-48H,7-44H2,1-6H3/t47?,48-/m0/s1. The average Bonchev–Trinajstić information content (AvgIpc) is 3.18. The average molecular weight is 807 g/mol. The molecule has 6 nitrogen and oxygen atoms in total. The smallest absolute Gasteiger partial charge is 0.306 e. The summed E-state index contributed by atoms with van der Waals surface area (Å²) in [6, 6.07) is 0. The molecule has 0 rings (SSSR count). The molecule has 0 bridgehead atoms. The second-order valence-corrected chi connectivity index (χ2v) is 18.6. The highest BCUT2D eigenvalue weighted by atomic mass is 16.6. The van der Waals surface area contributed by atoms with Crippen LogP contribution in [-0.4, -0.2) is 37.2 Å². The van der Waals surface area contributed by atoms with Gasteiger partial charge in [-0.2, -0.15) is 0 Å². The summed E-state index contributed by atoms with van der Waals surface area (Å²) in [5.41, 5.74) is 0. The van der Waals surface area contributed by atoms with Crippen LogP contribution in [0.15, 0.2) is 0 Å². The first-order valence-corrected chi connectivity index (χ1v) is 25.1. The lowest BCUT2D eigenvalue weighted by molar-refractivity contribution is -0.167. The van der Waals surface area contributed by atoms with Crippen molar-refractivity contribution in [3.05, 3.63) is 0 Å². The van der Waals surface area contributed by atoms with E-state index in [1.807, 2.05) is 0 Å². The van der Waals surface area contributed by atoms with E-state index in [2.05, 4.69) is 41.5 Å². The first kappa shape index (κ1) is 55.4. The molecule has 0 aromatic heterocycles. The van der Waals surface area contributed by atoms with Crippen LogP contribution in [0.4, 0.5) is 0 Å². The van der Waals surface area contributed by atoms with Crippen molar-refractivity contribution in [2.75, 3.05) is 13.2 Å². The van der Waals surface area contributed by atoms with Crippen molar-refractivity contribution in [2.24, 2.45) is 17.8 Å². The van der Waals surface area contributed by atoms with Gasteiger partial charge < -0.3 is 14.2 Å². The number of hydrogen-bond donors (Lipinski definition) is 0. The predicted octanol–water partition coefficient (Wildman–Crippen LogP) is 16.0. The number of carbonyl (C=O) groups is 3. The van der Waals surface area contributed by atoms with Gasteiger partial charge in [0.1, 0.15) is 13.2 Å². The molecule has 57 heavy (non-hydrogen) atoms. The van der Waals surface area contributed by atoms with Crippen LogP contribution in [-0.2, 0) is 28.6 Å². The van der Waals surface area contributed by atoms with E-state index in [4.69, 9.17) is 14.2 Å². The number of ether oxygens (including phenoxy) is 3. The van der Waals surface area contributed by atoms with Crippen molar-refractivity contribution < 1.29 is 28.6 Å². The first-order chi connectivity index (χ1) is 27.6. The van der Waals surface area contributed by atoms with Crippen LogP contribution in [0.5, 0.6) is 0 Å². The van der Waals surface area contributed by atoms with E-state index >= 15 is 0 Å². The third-order valence-corrected chi connectivity index (χ3v) is 11.8. The minimum atomic E-state index is -0.763. The second kappa shape index (κ2) is 42.5. The minimum absolute atomic E-state index is 0.0662. The summed E-state index contributed by atoms with van der Waals surface area (Å²) >= 11 is 0. The summed E-state index contributed by atoms with van der Waals surface area (Å²) in [6.45, 7) is 13.7. The largest absolute Gasteiger partial charge is 0.462 e. The van der Waals surface area contributed by atoms with Gasteiger partial charge in [-0.3, -0.25) is 14.4 Å². The Balaban J connectivity index is 4.27. The topological polar surface area (TPSA) is 78.9 Å². The Labute approximate surface area is 355 Å². The zero-order valence-corrected chi connectivity index (χ0v) is 39.1. The number of hydrogen-bond acceptors (Lipinski definition) is 6. The molecule has 0 radical (unpaired) electrons. The molecule has 0 fully saturated rings. The second-order valence-electron chi connectivity index (χ2n) is 18.6. The van der Waals surface area contributed by atoms with Crippen molar-refractivity contribution in [1.82, 2.24) is 0 Å². The lowest BCUT2D eigenvalue weighted by atomic mass is 9.99. The number of carbonyl (C=O) groups excluding carboxylic acids is 3. The zero-order chi connectivity index (χ0) is 42.0. The van der Waals surface area contributed by atoms with Gasteiger partial charge in [0.15, 0.2) is 6.10 Å². The molecular formula is C51H98O6. The highest BCUT2D eigenvalue weighted by Gasteiger charge is 2.19. The van der Waals surface area contributed by atoms with Crippen molar-refractivity contribution in [2.45, 2.75) is 279 Å². The molecule has 0 saturated heterocycles. The highest BCUT2D eigenvalue weighted by Crippen LogP contribution is 2.18. The number of esters is 3. The van der Waals surface area contributed by atoms with E-state index in [1.54, 1.807) is 0 Å². The molecule has 2 atom stereocenters. The van der Waals surface area contributed by atoms with Gasteiger partial charge in [-0.15, -0.1) is 0 Å². The minimum Gasteiger partial charge on any atom is -0.462 e. The molecule has 1 unspecified atom stereocenters. The van der Waals surface area contributed by atoms with Crippen LogP contribution in [0.1, 0.15) is 273 Å². The summed E-state index contributed by atoms with van der Waals surface area (Å²) in [4.78, 5) is 37.8. The van der Waals surface area contributed by atoms with E-state index in [9.17, 15) is 14.4 Å². The Morgan fingerprint density at radius 1 is 0.351 bits per heavy atom. The maximum Gasteiger partial charge on any atom is 0.306 e. The lowest BCUT2D eigenvalue weighted by Crippen LogP contribution is -2.30. The van der Waals surface area contributed by atoms with E-state index in [0.29, 0.717) is 19.3 Å². The van der Waals surface area contributed by atoms with E-state index in [0.717, 1.165) is 75.5 Å². The maximum absolute atomic E-state index is 12.8. The van der Waals surface area contributed by atoms with Gasteiger partial charge >= 0.3 is 17.9 Å². The molecule has 6 heteroatoms. The van der Waals surface area contributed by atoms with Crippen molar-refractivity contribution in [3.8, 4) is 0 Å². The molecule has 0 spiro atoms. The molecule has 0 heterocycles. The van der Waals surface area contributed by atoms with Gasteiger partial charge in [0.05, 0.1) is 0 Å². The fourth-order valence-electron chi connectivity index (χ4n) is 7.55. The molecule has 0 aliphatic carbocycles. The highest BCUT2D eigenvalue weighted by molar-refractivity contribution is 5.71. The molecule has 0 aliphatic rings. The Morgan fingerprint density at radius 2 is 0.614 bits per heavy atom. The number of unbranched alkanes of at least 4 members (excludes halogenated alkanes) is 26. The quantitative estimate of drug-likeness (QED) is 0.0347. The summed E-state index contributed by atoms with van der Waals surface area (Å²) in [5.74, 6) is 1.60. The fraction of sp³-hybridized carbons (Fsp3) is 0.941. The first-order valence-electron chi connectivity index (χ1n) is 25.1. The molecule has 0 aliphatic heterocycles. The fourth-order valence-corrected chi connectivity index (χ4v) is 7.55. The van der Waals surface area contributed by atoms with E-state index in [1.165, 1.54) is 154 Å². The summed E-state index contributed by atoms with van der Waals surface area (Å²) in [6.07, 6.45) is 41.0. The Hall–Kier alpha value is -1.59. The molecule has 0 aromatic carbocycles. The van der Waals surface area contributed by atoms with E-state index in [-0.39, 0.29) is 31.1 Å². The summed E-state index contributed by atoms with van der Waals surface area (Å²) in [7, 11) is 0. The van der Waals surface area contributed by atoms with Crippen molar-refractivity contribution >= 4 is 17.9 Å². The SMILES string of the molecule is CCC(C)CCCCCCCCCCC(=O)OC[C@@H](COC(=O)CCCCCCCCC(C)C)OC(=O)CCCCCCCCCCCCCCCCCC(C)C. The third kappa shape index (κ3) is 43.8. The van der Waals surface area contributed by atoms with Gasteiger partial charge in [0, 0.05) is 19.3 Å². The maximum atomic E-state index is 12.8. The Morgan fingerprint density at radius 3 is 0.912 bits per heavy atom. The normalized spacial score (nSPS) is 12.6. The third-order valence-electron chi connectivity index (χ3n) is 11.8. The number of rotatable bonds is 44. The summed E-state index contributed by atoms with van der Waals surface area (Å²) < 4.78 is 16.8. The van der Waals surface area contributed by atoms with Crippen LogP contribution in [0.2, 0.25) is 0 Å². The molecule has 0 amide bonds. The monoisotopic (exact) mass is 807 g/mol. The van der Waals surface area contributed by atoms with Crippen molar-refractivity contribution in [1.29, 1.82) is 0 Å². The lowest BCUT2D eigenvalue weighted by Gasteiger charge is -2.18. The zero-order valence-electron chi connectivity index (χ0n) is 39.1. The molecular weight excluding hydrogens is 709 g/mol. The van der Waals surface area contributed by atoms with Crippen LogP contribution in [0.25, 0.3) is 0 Å². The molecule has 0 saturated carbocycles. The van der Waals surface area contributed by atoms with E-state index < -0.39 is 6.10 Å². The van der Waals surface area contributed by atoms with Crippen LogP contribution >= 0.6 is 0 Å². The Kier molecular flexibility index (Phi) is 41.3. The Bertz CT molecular complexity index is 885. The molecule has 338 valence electrons. The molecule has 0 aromatic rings. The van der Waals surface area contributed by atoms with Crippen molar-refractivity contribution in [3.63, 3.8) is 0 Å². The predicted molar refractivity (Wildman–Crippen MR) is 243 cm³/mol. The summed E-state index contributed by atoms with van der Waals surface area (Å²) in [5, 5.41) is 0. The van der Waals surface area contributed by atoms with Crippen LogP contribution in [0, 0.1) is 17.8 Å².